The minimum Gasteiger partial charge on any atom is -0.497 e. The Labute approximate surface area is 242 Å². The standard InChI is InChI=1S/C31H31FN4O4S/c1-39-23-17-13-20(14-18-23)28(30(37)34-22-7-3-4-8-22)36(24-9-5-6-10-25(24)40-2)31(38)29-26(33)27(35-41-29)19-11-15-21(32)16-12-19/h5-6,9-18,22,28H,3-4,7-8,33H2,1-2H3,(H,34,37). The van der Waals surface area contributed by atoms with Crippen molar-refractivity contribution >= 4 is 34.7 Å². The van der Waals surface area contributed by atoms with Crippen LogP contribution in [0.2, 0.25) is 0 Å². The molecule has 41 heavy (non-hydrogen) atoms. The molecule has 1 fully saturated rings. The summed E-state index contributed by atoms with van der Waals surface area (Å²) >= 11 is 0.931. The molecule has 8 nitrogen and oxygen atoms in total. The van der Waals surface area contributed by atoms with Gasteiger partial charge in [-0.25, -0.2) is 4.39 Å². The van der Waals surface area contributed by atoms with Gasteiger partial charge in [-0.05, 0) is 78.5 Å². The number of hydrogen-bond donors (Lipinski definition) is 2. The molecule has 0 saturated heterocycles. The van der Waals surface area contributed by atoms with E-state index in [4.69, 9.17) is 15.2 Å². The molecule has 1 heterocycles. The van der Waals surface area contributed by atoms with E-state index in [0.717, 1.165) is 37.2 Å². The highest BCUT2D eigenvalue weighted by Gasteiger charge is 2.38. The Bertz CT molecular complexity index is 1520. The summed E-state index contributed by atoms with van der Waals surface area (Å²) in [7, 11) is 3.07. The Morgan fingerprint density at radius 3 is 2.34 bits per heavy atom. The molecule has 0 bridgehead atoms. The molecule has 1 aliphatic carbocycles. The van der Waals surface area contributed by atoms with E-state index in [1.54, 1.807) is 67.8 Å². The van der Waals surface area contributed by atoms with E-state index in [1.165, 1.54) is 24.1 Å². The maximum Gasteiger partial charge on any atom is 0.273 e. The number of nitrogens with two attached hydrogens (primary N) is 1. The minimum absolute atomic E-state index is 0.0245. The molecule has 5 rings (SSSR count). The van der Waals surface area contributed by atoms with E-state index in [0.29, 0.717) is 34.0 Å². The minimum atomic E-state index is -1.05. The SMILES string of the molecule is COc1ccc(C(C(=O)NC2CCCC2)N(C(=O)c2snc(-c3ccc(F)cc3)c2N)c2ccccc2OC)cc1. The quantitative estimate of drug-likeness (QED) is 0.254. The van der Waals surface area contributed by atoms with Crippen molar-refractivity contribution < 1.29 is 23.5 Å². The first-order valence-corrected chi connectivity index (χ1v) is 14.1. The van der Waals surface area contributed by atoms with Crippen LogP contribution < -0.4 is 25.4 Å². The summed E-state index contributed by atoms with van der Waals surface area (Å²) < 4.78 is 29.0. The normalized spacial score (nSPS) is 13.9. The van der Waals surface area contributed by atoms with Crippen molar-refractivity contribution in [3.63, 3.8) is 0 Å². The van der Waals surface area contributed by atoms with Crippen LogP contribution >= 0.6 is 11.5 Å². The van der Waals surface area contributed by atoms with Crippen LogP contribution in [0, 0.1) is 5.82 Å². The fourth-order valence-electron chi connectivity index (χ4n) is 5.13. The fraction of sp³-hybridized carbons (Fsp3) is 0.258. The number of nitrogen functional groups attached to an aromatic ring is 1. The first-order valence-electron chi connectivity index (χ1n) is 13.3. The molecule has 4 aromatic rings. The summed E-state index contributed by atoms with van der Waals surface area (Å²) in [6.45, 7) is 0. The summed E-state index contributed by atoms with van der Waals surface area (Å²) in [5, 5.41) is 3.17. The highest BCUT2D eigenvalue weighted by atomic mass is 32.1. The maximum atomic E-state index is 14.5. The highest BCUT2D eigenvalue weighted by molar-refractivity contribution is 7.09. The Balaban J connectivity index is 1.64. The van der Waals surface area contributed by atoms with Crippen LogP contribution in [0.4, 0.5) is 15.8 Å². The third kappa shape index (κ3) is 5.88. The van der Waals surface area contributed by atoms with Gasteiger partial charge in [0.15, 0.2) is 0 Å². The van der Waals surface area contributed by atoms with Crippen LogP contribution in [0.3, 0.4) is 0 Å². The molecule has 3 aromatic carbocycles. The largest absolute Gasteiger partial charge is 0.497 e. The van der Waals surface area contributed by atoms with Gasteiger partial charge in [0.2, 0.25) is 5.91 Å². The monoisotopic (exact) mass is 574 g/mol. The van der Waals surface area contributed by atoms with E-state index in [-0.39, 0.29) is 22.5 Å². The Morgan fingerprint density at radius 1 is 1.00 bits per heavy atom. The number of methoxy groups -OCH3 is 2. The number of ether oxygens (including phenoxy) is 2. The van der Waals surface area contributed by atoms with E-state index in [1.807, 2.05) is 0 Å². The van der Waals surface area contributed by atoms with Crippen molar-refractivity contribution in [3.05, 3.63) is 89.1 Å². The number of hydrogen-bond acceptors (Lipinski definition) is 7. The number of carbonyl (C=O) groups excluding carboxylic acids is 2. The van der Waals surface area contributed by atoms with Gasteiger partial charge in [-0.1, -0.05) is 37.1 Å². The van der Waals surface area contributed by atoms with Crippen molar-refractivity contribution in [2.24, 2.45) is 0 Å². The number of amides is 2. The van der Waals surface area contributed by atoms with E-state index in [2.05, 4.69) is 9.69 Å². The zero-order valence-corrected chi connectivity index (χ0v) is 23.6. The van der Waals surface area contributed by atoms with Gasteiger partial charge >= 0.3 is 0 Å². The van der Waals surface area contributed by atoms with Crippen LogP contribution in [0.5, 0.6) is 11.5 Å². The molecule has 1 aliphatic rings. The van der Waals surface area contributed by atoms with Crippen LogP contribution in [0.15, 0.2) is 72.8 Å². The van der Waals surface area contributed by atoms with Crippen molar-refractivity contribution in [1.82, 2.24) is 9.69 Å². The van der Waals surface area contributed by atoms with Gasteiger partial charge in [0.25, 0.3) is 5.91 Å². The second kappa shape index (κ2) is 12.4. The Morgan fingerprint density at radius 2 is 1.68 bits per heavy atom. The summed E-state index contributed by atoms with van der Waals surface area (Å²) in [6, 6.07) is 18.8. The lowest BCUT2D eigenvalue weighted by molar-refractivity contribution is -0.123. The molecule has 212 valence electrons. The molecule has 1 atom stereocenters. The highest BCUT2D eigenvalue weighted by Crippen LogP contribution is 2.40. The molecule has 10 heteroatoms. The average Bonchev–Trinajstić information content (AvgIpc) is 3.65. The molecule has 1 saturated carbocycles. The van der Waals surface area contributed by atoms with Crippen LogP contribution in [0.1, 0.15) is 47.0 Å². The fourth-order valence-corrected chi connectivity index (χ4v) is 5.88. The number of carbonyl (C=O) groups is 2. The molecule has 3 N–H and O–H groups in total. The van der Waals surface area contributed by atoms with Crippen molar-refractivity contribution in [1.29, 1.82) is 0 Å². The van der Waals surface area contributed by atoms with Crippen molar-refractivity contribution in [2.75, 3.05) is 24.9 Å². The van der Waals surface area contributed by atoms with Crippen LogP contribution in [-0.4, -0.2) is 36.4 Å². The summed E-state index contributed by atoms with van der Waals surface area (Å²) in [6.07, 6.45) is 3.84. The molecule has 1 unspecified atom stereocenters. The van der Waals surface area contributed by atoms with Gasteiger partial charge in [0.1, 0.15) is 33.9 Å². The molecule has 2 amide bonds. The number of rotatable bonds is 9. The molecule has 1 aromatic heterocycles. The van der Waals surface area contributed by atoms with Gasteiger partial charge < -0.3 is 20.5 Å². The second-order valence-electron chi connectivity index (χ2n) is 9.79. The van der Waals surface area contributed by atoms with Gasteiger partial charge in [-0.15, -0.1) is 0 Å². The lowest BCUT2D eigenvalue weighted by Gasteiger charge is -2.33. The average molecular weight is 575 g/mol. The van der Waals surface area contributed by atoms with E-state index >= 15 is 0 Å². The molecule has 0 radical (unpaired) electrons. The Kier molecular flexibility index (Phi) is 8.49. The van der Waals surface area contributed by atoms with E-state index in [9.17, 15) is 14.0 Å². The Hall–Kier alpha value is -4.44. The number of nitrogens with zero attached hydrogens (tertiary/aromatic N) is 2. The molecule has 0 aliphatic heterocycles. The van der Waals surface area contributed by atoms with Crippen molar-refractivity contribution in [3.8, 4) is 22.8 Å². The number of nitrogens with one attached hydrogen (secondary N) is 1. The van der Waals surface area contributed by atoms with Gasteiger partial charge in [0, 0.05) is 11.6 Å². The first-order chi connectivity index (χ1) is 19.9. The second-order valence-corrected chi connectivity index (χ2v) is 10.6. The van der Waals surface area contributed by atoms with Gasteiger partial charge in [0.05, 0.1) is 25.6 Å². The molecular weight excluding hydrogens is 543 g/mol. The van der Waals surface area contributed by atoms with E-state index < -0.39 is 17.8 Å². The number of halogens is 1. The molecular formula is C31H31FN4O4S. The lowest BCUT2D eigenvalue weighted by atomic mass is 10.0. The lowest BCUT2D eigenvalue weighted by Crippen LogP contribution is -2.46. The van der Waals surface area contributed by atoms with Gasteiger partial charge in [-0.3, -0.25) is 14.5 Å². The zero-order valence-electron chi connectivity index (χ0n) is 22.8. The number of aromatic nitrogens is 1. The summed E-state index contributed by atoms with van der Waals surface area (Å²) in [4.78, 5) is 30.2. The third-order valence-electron chi connectivity index (χ3n) is 7.24. The predicted octanol–water partition coefficient (Wildman–Crippen LogP) is 6.00. The maximum absolute atomic E-state index is 14.5. The number of anilines is 2. The van der Waals surface area contributed by atoms with Crippen molar-refractivity contribution in [2.45, 2.75) is 37.8 Å². The molecule has 0 spiro atoms. The summed E-state index contributed by atoms with van der Waals surface area (Å²) in [5.41, 5.74) is 8.59. The predicted molar refractivity (Wildman–Crippen MR) is 158 cm³/mol. The third-order valence-corrected chi connectivity index (χ3v) is 8.09. The first kappa shape index (κ1) is 28.1. The smallest absolute Gasteiger partial charge is 0.273 e. The van der Waals surface area contributed by atoms with Crippen LogP contribution in [0.25, 0.3) is 11.3 Å². The van der Waals surface area contributed by atoms with Crippen LogP contribution in [-0.2, 0) is 4.79 Å². The topological polar surface area (TPSA) is 107 Å². The number of benzene rings is 3. The number of para-hydroxylation sites is 2. The van der Waals surface area contributed by atoms with Gasteiger partial charge in [-0.2, -0.15) is 4.37 Å². The summed E-state index contributed by atoms with van der Waals surface area (Å²) in [5.74, 6) is -0.190. The zero-order chi connectivity index (χ0) is 28.9.